The number of benzene rings is 3. The summed E-state index contributed by atoms with van der Waals surface area (Å²) < 4.78 is 0. The zero-order chi connectivity index (χ0) is 22.3. The molecular weight excluding hydrogens is 414 g/mol. The van der Waals surface area contributed by atoms with Gasteiger partial charge in [0.05, 0.1) is 28.4 Å². The molecule has 4 nitrogen and oxygen atoms in total. The maximum Gasteiger partial charge on any atom is 0.252 e. The van der Waals surface area contributed by atoms with Crippen LogP contribution in [0.2, 0.25) is 0 Å². The number of carbonyl (C=O) groups is 1. The number of hydrogen-bond acceptors (Lipinski definition) is 4. The Bertz CT molecular complexity index is 1300. The molecule has 0 saturated heterocycles. The number of hydrogen-bond donors (Lipinski definition) is 1. The van der Waals surface area contributed by atoms with Gasteiger partial charge in [0.2, 0.25) is 0 Å². The highest BCUT2D eigenvalue weighted by molar-refractivity contribution is 7.97. The van der Waals surface area contributed by atoms with Crippen LogP contribution in [0.4, 0.5) is 0 Å². The number of pyridine rings is 1. The third-order valence-electron chi connectivity index (χ3n) is 5.37. The Morgan fingerprint density at radius 2 is 1.72 bits per heavy atom. The quantitative estimate of drug-likeness (QED) is 0.408. The maximum absolute atomic E-state index is 13.5. The summed E-state index contributed by atoms with van der Waals surface area (Å²) in [6.07, 6.45) is 2.63. The van der Waals surface area contributed by atoms with Crippen molar-refractivity contribution in [3.05, 3.63) is 101 Å². The molecule has 158 valence electrons. The average Bonchev–Trinajstić information content (AvgIpc) is 2.84. The van der Waals surface area contributed by atoms with Crippen LogP contribution in [0.5, 0.6) is 0 Å². The number of rotatable bonds is 7. The average molecular weight is 438 g/mol. The molecule has 0 radical (unpaired) electrons. The highest BCUT2D eigenvalue weighted by Gasteiger charge is 2.21. The van der Waals surface area contributed by atoms with Crippen LogP contribution in [0, 0.1) is 11.3 Å². The molecule has 0 atom stereocenters. The van der Waals surface area contributed by atoms with Crippen molar-refractivity contribution in [2.75, 3.05) is 12.8 Å². The normalized spacial score (nSPS) is 10.6. The topological polar surface area (TPSA) is 65.8 Å². The molecule has 0 spiro atoms. The monoisotopic (exact) mass is 437 g/mol. The molecule has 0 saturated carbocycles. The van der Waals surface area contributed by atoms with Crippen LogP contribution in [0.1, 0.15) is 27.0 Å². The summed E-state index contributed by atoms with van der Waals surface area (Å²) >= 11 is 1.67. The van der Waals surface area contributed by atoms with E-state index in [0.717, 1.165) is 33.3 Å². The van der Waals surface area contributed by atoms with E-state index in [1.165, 1.54) is 0 Å². The minimum atomic E-state index is -0.112. The predicted molar refractivity (Wildman–Crippen MR) is 132 cm³/mol. The number of amides is 1. The molecule has 0 aliphatic rings. The molecule has 32 heavy (non-hydrogen) atoms. The second-order valence-electron chi connectivity index (χ2n) is 7.41. The SMILES string of the molecule is CSCc1c(-c2ccccc2)nc2ccccc2c1C(=O)NCCc1ccccc1C#N. The Morgan fingerprint density at radius 3 is 2.50 bits per heavy atom. The molecule has 1 amide bonds. The highest BCUT2D eigenvalue weighted by atomic mass is 32.2. The van der Waals surface area contributed by atoms with Crippen LogP contribution in [0.25, 0.3) is 22.2 Å². The number of nitrogens with zero attached hydrogens (tertiary/aromatic N) is 2. The molecule has 0 aliphatic carbocycles. The minimum Gasteiger partial charge on any atom is -0.352 e. The van der Waals surface area contributed by atoms with Gasteiger partial charge in [-0.2, -0.15) is 17.0 Å². The van der Waals surface area contributed by atoms with Gasteiger partial charge in [-0.05, 0) is 30.4 Å². The number of para-hydroxylation sites is 1. The molecule has 4 aromatic rings. The summed E-state index contributed by atoms with van der Waals surface area (Å²) in [5, 5.41) is 13.2. The second-order valence-corrected chi connectivity index (χ2v) is 8.27. The van der Waals surface area contributed by atoms with Crippen LogP contribution >= 0.6 is 11.8 Å². The lowest BCUT2D eigenvalue weighted by Crippen LogP contribution is -2.27. The van der Waals surface area contributed by atoms with Crippen LogP contribution in [-0.4, -0.2) is 23.7 Å². The molecule has 0 aliphatic heterocycles. The molecule has 0 bridgehead atoms. The van der Waals surface area contributed by atoms with Crippen LogP contribution in [0.3, 0.4) is 0 Å². The Labute approximate surface area is 192 Å². The van der Waals surface area contributed by atoms with Crippen molar-refractivity contribution in [3.63, 3.8) is 0 Å². The second kappa shape index (κ2) is 10.1. The molecular formula is C27H23N3OS. The molecule has 5 heteroatoms. The maximum atomic E-state index is 13.5. The third kappa shape index (κ3) is 4.51. The summed E-state index contributed by atoms with van der Waals surface area (Å²) in [5.41, 5.74) is 5.85. The lowest BCUT2D eigenvalue weighted by atomic mass is 9.97. The first kappa shape index (κ1) is 21.6. The van der Waals surface area contributed by atoms with Crippen molar-refractivity contribution in [2.45, 2.75) is 12.2 Å². The lowest BCUT2D eigenvalue weighted by molar-refractivity contribution is 0.0955. The summed E-state index contributed by atoms with van der Waals surface area (Å²) in [4.78, 5) is 18.4. The van der Waals surface area contributed by atoms with E-state index in [0.29, 0.717) is 29.8 Å². The summed E-state index contributed by atoms with van der Waals surface area (Å²) in [7, 11) is 0. The summed E-state index contributed by atoms with van der Waals surface area (Å²) in [6, 6.07) is 27.5. The van der Waals surface area contributed by atoms with Crippen molar-refractivity contribution in [3.8, 4) is 17.3 Å². The van der Waals surface area contributed by atoms with Gasteiger partial charge < -0.3 is 5.32 Å². The van der Waals surface area contributed by atoms with Crippen molar-refractivity contribution in [1.29, 1.82) is 5.26 Å². The van der Waals surface area contributed by atoms with Gasteiger partial charge in [0.1, 0.15) is 0 Å². The van der Waals surface area contributed by atoms with Crippen LogP contribution < -0.4 is 5.32 Å². The van der Waals surface area contributed by atoms with Crippen molar-refractivity contribution < 1.29 is 4.79 Å². The van der Waals surface area contributed by atoms with Gasteiger partial charge in [0.25, 0.3) is 5.91 Å². The Hall–Kier alpha value is -3.62. The fourth-order valence-corrected chi connectivity index (χ4v) is 4.45. The molecule has 3 aromatic carbocycles. The number of carbonyl (C=O) groups excluding carboxylic acids is 1. The largest absolute Gasteiger partial charge is 0.352 e. The van der Waals surface area contributed by atoms with E-state index < -0.39 is 0 Å². The smallest absolute Gasteiger partial charge is 0.252 e. The number of nitrogens with one attached hydrogen (secondary N) is 1. The van der Waals surface area contributed by atoms with Gasteiger partial charge in [0.15, 0.2) is 0 Å². The minimum absolute atomic E-state index is 0.112. The van der Waals surface area contributed by atoms with Crippen LogP contribution in [-0.2, 0) is 12.2 Å². The van der Waals surface area contributed by atoms with E-state index >= 15 is 0 Å². The number of aromatic nitrogens is 1. The van der Waals surface area contributed by atoms with Gasteiger partial charge in [-0.15, -0.1) is 0 Å². The van der Waals surface area contributed by atoms with E-state index in [-0.39, 0.29) is 5.91 Å². The van der Waals surface area contributed by atoms with E-state index in [4.69, 9.17) is 4.98 Å². The van der Waals surface area contributed by atoms with E-state index in [2.05, 4.69) is 11.4 Å². The zero-order valence-electron chi connectivity index (χ0n) is 17.8. The third-order valence-corrected chi connectivity index (χ3v) is 5.95. The van der Waals surface area contributed by atoms with Gasteiger partial charge in [-0.25, -0.2) is 4.98 Å². The van der Waals surface area contributed by atoms with Crippen molar-refractivity contribution in [2.24, 2.45) is 0 Å². The molecule has 1 heterocycles. The molecule has 4 rings (SSSR count). The first-order valence-electron chi connectivity index (χ1n) is 10.4. The standard InChI is InChI=1S/C27H23N3OS/c1-32-18-23-25(27(31)29-16-15-19-9-5-6-12-21(19)17-28)22-13-7-8-14-24(22)30-26(23)20-10-3-2-4-11-20/h2-14H,15-16,18H2,1H3,(H,29,31). The molecule has 1 N–H and O–H groups in total. The van der Waals surface area contributed by atoms with E-state index in [1.807, 2.05) is 79.1 Å². The predicted octanol–water partition coefficient (Wildman–Crippen LogP) is 5.61. The lowest BCUT2D eigenvalue weighted by Gasteiger charge is -2.17. The van der Waals surface area contributed by atoms with Gasteiger partial charge in [0, 0.05) is 28.8 Å². The summed E-state index contributed by atoms with van der Waals surface area (Å²) in [5.74, 6) is 0.571. The first-order chi connectivity index (χ1) is 15.7. The summed E-state index contributed by atoms with van der Waals surface area (Å²) in [6.45, 7) is 0.452. The fourth-order valence-electron chi connectivity index (χ4n) is 3.88. The van der Waals surface area contributed by atoms with Gasteiger partial charge in [-0.3, -0.25) is 4.79 Å². The van der Waals surface area contributed by atoms with Gasteiger partial charge >= 0.3 is 0 Å². The van der Waals surface area contributed by atoms with E-state index in [9.17, 15) is 10.1 Å². The van der Waals surface area contributed by atoms with Crippen molar-refractivity contribution in [1.82, 2.24) is 10.3 Å². The number of fused-ring (bicyclic) bond motifs is 1. The zero-order valence-corrected chi connectivity index (χ0v) is 18.7. The molecule has 1 aromatic heterocycles. The fraction of sp³-hybridized carbons (Fsp3) is 0.148. The van der Waals surface area contributed by atoms with Gasteiger partial charge in [-0.1, -0.05) is 66.7 Å². The highest BCUT2D eigenvalue weighted by Crippen LogP contribution is 2.32. The number of thioether (sulfide) groups is 1. The Morgan fingerprint density at radius 1 is 1.00 bits per heavy atom. The molecule has 0 fully saturated rings. The first-order valence-corrected chi connectivity index (χ1v) is 11.8. The Kier molecular flexibility index (Phi) is 6.84. The number of nitriles is 1. The van der Waals surface area contributed by atoms with E-state index in [1.54, 1.807) is 17.8 Å². The van der Waals surface area contributed by atoms with Crippen molar-refractivity contribution >= 4 is 28.6 Å². The molecule has 0 unspecified atom stereocenters. The Balaban J connectivity index is 1.72. The van der Waals surface area contributed by atoms with Crippen LogP contribution in [0.15, 0.2) is 78.9 Å².